The highest BCUT2D eigenvalue weighted by atomic mass is 16.3. The van der Waals surface area contributed by atoms with Gasteiger partial charge in [0.05, 0.1) is 5.92 Å². The monoisotopic (exact) mass is 467 g/mol. The molecule has 4 fully saturated rings. The Balaban J connectivity index is 1.19. The first-order chi connectivity index (χ1) is 16.2. The van der Waals surface area contributed by atoms with Crippen LogP contribution in [-0.4, -0.2) is 72.1 Å². The number of aliphatic hydroxyl groups is 1. The standard InChI is InChI=1S/C28H41N3O3/c1-27(2)14-24-15-28(3,18-27)19-31(24)26(34)21-4-6-23(7-5-21)30-13-10-22(16-30)25(33)29-11-8-20(17-32)9-12-29/h4-7,20,22,24,32H,8-19H2,1-3H3. The Morgan fingerprint density at radius 3 is 2.38 bits per heavy atom. The molecular formula is C28H41N3O3. The predicted molar refractivity (Wildman–Crippen MR) is 134 cm³/mol. The lowest BCUT2D eigenvalue weighted by molar-refractivity contribution is -0.136. The molecule has 0 aromatic heterocycles. The fraction of sp³-hybridized carbons (Fsp3) is 0.714. The summed E-state index contributed by atoms with van der Waals surface area (Å²) in [6.45, 7) is 11.3. The second-order valence-electron chi connectivity index (χ2n) is 12.6. The van der Waals surface area contributed by atoms with Gasteiger partial charge in [-0.05, 0) is 79.5 Å². The van der Waals surface area contributed by atoms with Gasteiger partial charge in [-0.3, -0.25) is 9.59 Å². The highest BCUT2D eigenvalue weighted by molar-refractivity contribution is 5.95. The fourth-order valence-electron chi connectivity index (χ4n) is 7.47. The van der Waals surface area contributed by atoms with Crippen LogP contribution in [0.15, 0.2) is 24.3 Å². The van der Waals surface area contributed by atoms with Crippen molar-refractivity contribution in [1.82, 2.24) is 9.80 Å². The van der Waals surface area contributed by atoms with Gasteiger partial charge in [0.25, 0.3) is 5.91 Å². The van der Waals surface area contributed by atoms with Crippen LogP contribution >= 0.6 is 0 Å². The topological polar surface area (TPSA) is 64.1 Å². The summed E-state index contributed by atoms with van der Waals surface area (Å²) in [6.07, 6.45) is 6.09. The Hall–Kier alpha value is -2.08. The smallest absolute Gasteiger partial charge is 0.254 e. The van der Waals surface area contributed by atoms with Gasteiger partial charge < -0.3 is 19.8 Å². The summed E-state index contributed by atoms with van der Waals surface area (Å²) in [7, 11) is 0. The van der Waals surface area contributed by atoms with Crippen molar-refractivity contribution in [2.24, 2.45) is 22.7 Å². The zero-order valence-corrected chi connectivity index (χ0v) is 21.1. The summed E-state index contributed by atoms with van der Waals surface area (Å²) >= 11 is 0. The molecule has 6 nitrogen and oxygen atoms in total. The summed E-state index contributed by atoms with van der Waals surface area (Å²) in [4.78, 5) is 32.8. The number of amides is 2. The zero-order valence-electron chi connectivity index (χ0n) is 21.1. The third-order valence-corrected chi connectivity index (χ3v) is 8.88. The minimum absolute atomic E-state index is 0.0417. The van der Waals surface area contributed by atoms with Crippen LogP contribution in [0.25, 0.3) is 0 Å². The minimum Gasteiger partial charge on any atom is -0.396 e. The molecule has 5 rings (SSSR count). The summed E-state index contributed by atoms with van der Waals surface area (Å²) in [5.41, 5.74) is 2.41. The van der Waals surface area contributed by atoms with Crippen LogP contribution in [0.2, 0.25) is 0 Å². The molecule has 3 unspecified atom stereocenters. The number of likely N-dealkylation sites (tertiary alicyclic amines) is 2. The molecule has 1 N–H and O–H groups in total. The predicted octanol–water partition coefficient (Wildman–Crippen LogP) is 3.78. The molecule has 0 spiro atoms. The largest absolute Gasteiger partial charge is 0.396 e. The molecule has 34 heavy (non-hydrogen) atoms. The van der Waals surface area contributed by atoms with E-state index >= 15 is 0 Å². The molecule has 6 heteroatoms. The average Bonchev–Trinajstić information content (AvgIpc) is 3.40. The van der Waals surface area contributed by atoms with Crippen LogP contribution in [-0.2, 0) is 4.79 Å². The van der Waals surface area contributed by atoms with Crippen molar-refractivity contribution in [1.29, 1.82) is 0 Å². The third-order valence-electron chi connectivity index (χ3n) is 8.88. The molecule has 1 aliphatic carbocycles. The number of fused-ring (bicyclic) bond motifs is 2. The number of carbonyl (C=O) groups is 2. The second kappa shape index (κ2) is 8.85. The molecule has 2 amide bonds. The number of anilines is 1. The summed E-state index contributed by atoms with van der Waals surface area (Å²) < 4.78 is 0. The summed E-state index contributed by atoms with van der Waals surface area (Å²) in [5, 5.41) is 9.34. The molecule has 4 aliphatic rings. The van der Waals surface area contributed by atoms with E-state index in [-0.39, 0.29) is 29.8 Å². The number of rotatable bonds is 4. The molecule has 0 radical (unpaired) electrons. The summed E-state index contributed by atoms with van der Waals surface area (Å²) in [6, 6.07) is 8.42. The van der Waals surface area contributed by atoms with Crippen molar-refractivity contribution in [3.63, 3.8) is 0 Å². The maximum absolute atomic E-state index is 13.4. The van der Waals surface area contributed by atoms with Crippen molar-refractivity contribution in [3.05, 3.63) is 29.8 Å². The van der Waals surface area contributed by atoms with Gasteiger partial charge in [-0.1, -0.05) is 20.8 Å². The molecule has 186 valence electrons. The van der Waals surface area contributed by atoms with Gasteiger partial charge in [-0.25, -0.2) is 0 Å². The van der Waals surface area contributed by atoms with Gasteiger partial charge >= 0.3 is 0 Å². The maximum atomic E-state index is 13.4. The number of hydrogen-bond acceptors (Lipinski definition) is 4. The van der Waals surface area contributed by atoms with E-state index < -0.39 is 0 Å². The highest BCUT2D eigenvalue weighted by Crippen LogP contribution is 2.52. The van der Waals surface area contributed by atoms with Crippen LogP contribution in [0.3, 0.4) is 0 Å². The number of hydrogen-bond donors (Lipinski definition) is 1. The van der Waals surface area contributed by atoms with E-state index in [1.54, 1.807) is 0 Å². The molecule has 3 aliphatic heterocycles. The zero-order chi connectivity index (χ0) is 24.1. The van der Waals surface area contributed by atoms with Crippen molar-refractivity contribution >= 4 is 17.5 Å². The highest BCUT2D eigenvalue weighted by Gasteiger charge is 2.51. The van der Waals surface area contributed by atoms with Gasteiger partial charge in [-0.15, -0.1) is 0 Å². The van der Waals surface area contributed by atoms with Crippen molar-refractivity contribution in [3.8, 4) is 0 Å². The van der Waals surface area contributed by atoms with E-state index in [2.05, 4.69) is 42.7 Å². The first kappa shape index (κ1) is 23.7. The lowest BCUT2D eigenvalue weighted by Gasteiger charge is -2.39. The summed E-state index contributed by atoms with van der Waals surface area (Å²) in [5.74, 6) is 0.820. The van der Waals surface area contributed by atoms with Crippen LogP contribution in [0.1, 0.15) is 69.7 Å². The van der Waals surface area contributed by atoms with E-state index in [1.807, 2.05) is 17.0 Å². The van der Waals surface area contributed by atoms with Crippen molar-refractivity contribution < 1.29 is 14.7 Å². The van der Waals surface area contributed by atoms with E-state index in [4.69, 9.17) is 0 Å². The third kappa shape index (κ3) is 4.58. The lowest BCUT2D eigenvalue weighted by atomic mass is 9.65. The van der Waals surface area contributed by atoms with Crippen LogP contribution < -0.4 is 4.90 Å². The Kier molecular flexibility index (Phi) is 6.16. The quantitative estimate of drug-likeness (QED) is 0.732. The fourth-order valence-corrected chi connectivity index (χ4v) is 7.47. The van der Waals surface area contributed by atoms with Crippen molar-refractivity contribution in [2.45, 2.75) is 65.3 Å². The van der Waals surface area contributed by atoms with Crippen LogP contribution in [0.4, 0.5) is 5.69 Å². The van der Waals surface area contributed by atoms with E-state index in [0.717, 1.165) is 76.1 Å². The normalized spacial score (nSPS) is 31.2. The molecule has 2 bridgehead atoms. The first-order valence-corrected chi connectivity index (χ1v) is 13.2. The van der Waals surface area contributed by atoms with E-state index in [0.29, 0.717) is 17.4 Å². The van der Waals surface area contributed by atoms with E-state index in [9.17, 15) is 14.7 Å². The Morgan fingerprint density at radius 2 is 1.71 bits per heavy atom. The Bertz CT molecular complexity index is 921. The Labute approximate surface area is 204 Å². The number of nitrogens with zero attached hydrogens (tertiary/aromatic N) is 3. The molecule has 3 saturated heterocycles. The molecule has 3 heterocycles. The lowest BCUT2D eigenvalue weighted by Crippen LogP contribution is -2.43. The average molecular weight is 468 g/mol. The molecule has 1 aromatic rings. The minimum atomic E-state index is 0.0417. The maximum Gasteiger partial charge on any atom is 0.254 e. The van der Waals surface area contributed by atoms with Crippen molar-refractivity contribution in [2.75, 3.05) is 44.2 Å². The number of piperidine rings is 1. The molecule has 1 aromatic carbocycles. The molecular weight excluding hydrogens is 426 g/mol. The van der Waals surface area contributed by atoms with Gasteiger partial charge in [0, 0.05) is 56.6 Å². The van der Waals surface area contributed by atoms with Gasteiger partial charge in [0.2, 0.25) is 5.91 Å². The number of benzene rings is 1. The number of carbonyl (C=O) groups excluding carboxylic acids is 2. The number of aliphatic hydroxyl groups excluding tert-OH is 1. The first-order valence-electron chi connectivity index (χ1n) is 13.2. The second-order valence-corrected chi connectivity index (χ2v) is 12.6. The van der Waals surface area contributed by atoms with Gasteiger partial charge in [0.15, 0.2) is 0 Å². The SMILES string of the molecule is CC1(C)CC2CC(C)(CN2C(=O)c2ccc(N3CCC(C(=O)N4CCC(CO)CC4)C3)cc2)C1. The molecule has 1 saturated carbocycles. The van der Waals surface area contributed by atoms with Crippen LogP contribution in [0.5, 0.6) is 0 Å². The van der Waals surface area contributed by atoms with E-state index in [1.165, 1.54) is 6.42 Å². The van der Waals surface area contributed by atoms with Crippen LogP contribution in [0, 0.1) is 22.7 Å². The Morgan fingerprint density at radius 1 is 1.00 bits per heavy atom. The van der Waals surface area contributed by atoms with Gasteiger partial charge in [-0.2, -0.15) is 0 Å². The molecule has 3 atom stereocenters. The van der Waals surface area contributed by atoms with Gasteiger partial charge in [0.1, 0.15) is 0 Å².